The summed E-state index contributed by atoms with van der Waals surface area (Å²) in [5.41, 5.74) is 2.82. The van der Waals surface area contributed by atoms with Gasteiger partial charge >= 0.3 is 0 Å². The van der Waals surface area contributed by atoms with Crippen LogP contribution < -0.4 is 4.74 Å². The Morgan fingerprint density at radius 1 is 1.00 bits per heavy atom. The third kappa shape index (κ3) is 2.43. The lowest BCUT2D eigenvalue weighted by atomic mass is 10.1. The number of carbonyl (C=O) groups excluding carboxylic acids is 1. The van der Waals surface area contributed by atoms with Crippen molar-refractivity contribution in [3.8, 4) is 5.75 Å². The van der Waals surface area contributed by atoms with E-state index >= 15 is 0 Å². The number of carbonyl (C=O) groups is 1. The Morgan fingerprint density at radius 3 is 2.61 bits per heavy atom. The second-order valence-corrected chi connectivity index (χ2v) is 6.00. The Balaban J connectivity index is 1.70. The van der Waals surface area contributed by atoms with Crippen LogP contribution in [0.15, 0.2) is 62.2 Å². The molecule has 0 spiro atoms. The molecule has 0 saturated heterocycles. The molecule has 0 aliphatic rings. The van der Waals surface area contributed by atoms with Crippen LogP contribution in [0, 0.1) is 0 Å². The molecule has 4 aromatic rings. The SMILES string of the molecule is O=Cc1ccc2ccoc2c1OCc1cc(Br)c2occc2c1. The number of benzene rings is 2. The number of aldehydes is 1. The van der Waals surface area contributed by atoms with Crippen molar-refractivity contribution in [3.63, 3.8) is 0 Å². The van der Waals surface area contributed by atoms with Crippen LogP contribution in [0.5, 0.6) is 5.75 Å². The number of halogens is 1. The van der Waals surface area contributed by atoms with Gasteiger partial charge in [0.1, 0.15) is 12.2 Å². The normalized spacial score (nSPS) is 11.2. The molecule has 0 bridgehead atoms. The van der Waals surface area contributed by atoms with Gasteiger partial charge in [-0.05, 0) is 51.8 Å². The zero-order valence-corrected chi connectivity index (χ0v) is 13.5. The molecule has 2 aromatic heterocycles. The van der Waals surface area contributed by atoms with Crippen molar-refractivity contribution in [2.75, 3.05) is 0 Å². The average Bonchev–Trinajstić information content (AvgIpc) is 3.21. The lowest BCUT2D eigenvalue weighted by Gasteiger charge is -2.09. The van der Waals surface area contributed by atoms with Crippen molar-refractivity contribution < 1.29 is 18.4 Å². The van der Waals surface area contributed by atoms with Crippen molar-refractivity contribution in [2.24, 2.45) is 0 Å². The van der Waals surface area contributed by atoms with Gasteiger partial charge < -0.3 is 13.6 Å². The first-order valence-corrected chi connectivity index (χ1v) is 7.79. The van der Waals surface area contributed by atoms with E-state index < -0.39 is 0 Å². The second kappa shape index (κ2) is 5.59. The molecule has 0 amide bonds. The molecular weight excluding hydrogens is 360 g/mol. The average molecular weight is 371 g/mol. The molecule has 0 radical (unpaired) electrons. The summed E-state index contributed by atoms with van der Waals surface area (Å²) in [5.74, 6) is 0.464. The Bertz CT molecular complexity index is 1010. The first-order valence-electron chi connectivity index (χ1n) is 7.00. The molecule has 0 N–H and O–H groups in total. The van der Waals surface area contributed by atoms with Gasteiger partial charge in [-0.15, -0.1) is 0 Å². The molecule has 0 fully saturated rings. The van der Waals surface area contributed by atoms with Crippen LogP contribution in [0.3, 0.4) is 0 Å². The van der Waals surface area contributed by atoms with Gasteiger partial charge in [0.2, 0.25) is 0 Å². The zero-order valence-electron chi connectivity index (χ0n) is 11.9. The molecule has 5 heteroatoms. The molecule has 0 aliphatic carbocycles. The molecule has 2 heterocycles. The maximum atomic E-state index is 11.3. The molecule has 0 unspecified atom stereocenters. The van der Waals surface area contributed by atoms with Gasteiger partial charge in [0.15, 0.2) is 17.6 Å². The highest BCUT2D eigenvalue weighted by Crippen LogP contribution is 2.32. The van der Waals surface area contributed by atoms with Crippen LogP contribution in [0.4, 0.5) is 0 Å². The van der Waals surface area contributed by atoms with Crippen molar-refractivity contribution in [1.82, 2.24) is 0 Å². The summed E-state index contributed by atoms with van der Waals surface area (Å²) in [5, 5.41) is 1.89. The van der Waals surface area contributed by atoms with Gasteiger partial charge in [0, 0.05) is 10.8 Å². The summed E-state index contributed by atoms with van der Waals surface area (Å²) < 4.78 is 17.6. The van der Waals surface area contributed by atoms with E-state index in [0.717, 1.165) is 32.7 Å². The fraction of sp³-hybridized carbons (Fsp3) is 0.0556. The van der Waals surface area contributed by atoms with Crippen molar-refractivity contribution in [3.05, 3.63) is 64.5 Å². The number of rotatable bonds is 4. The fourth-order valence-electron chi connectivity index (χ4n) is 2.60. The Morgan fingerprint density at radius 2 is 1.78 bits per heavy atom. The minimum atomic E-state index is 0.320. The predicted octanol–water partition coefficient (Wildman–Crippen LogP) is 5.33. The number of ether oxygens (including phenoxy) is 1. The molecule has 4 nitrogen and oxygen atoms in total. The molecule has 114 valence electrons. The fourth-order valence-corrected chi connectivity index (χ4v) is 3.21. The lowest BCUT2D eigenvalue weighted by molar-refractivity contribution is 0.111. The molecular formula is C18H11BrO4. The molecule has 0 aliphatic heterocycles. The highest BCUT2D eigenvalue weighted by atomic mass is 79.9. The topological polar surface area (TPSA) is 52.6 Å². The number of furan rings is 2. The van der Waals surface area contributed by atoms with Crippen molar-refractivity contribution in [2.45, 2.75) is 6.61 Å². The maximum Gasteiger partial charge on any atom is 0.176 e. The highest BCUT2D eigenvalue weighted by Gasteiger charge is 2.13. The summed E-state index contributed by atoms with van der Waals surface area (Å²) in [7, 11) is 0. The van der Waals surface area contributed by atoms with E-state index in [1.54, 1.807) is 18.6 Å². The summed E-state index contributed by atoms with van der Waals surface area (Å²) >= 11 is 3.49. The second-order valence-electron chi connectivity index (χ2n) is 5.15. The standard InChI is InChI=1S/C18H11BrO4/c19-15-8-11(7-13-4-6-21-16(13)15)10-23-18-14(9-20)2-1-12-3-5-22-17(12)18/h1-9H,10H2. The molecule has 0 saturated carbocycles. The summed E-state index contributed by atoms with van der Waals surface area (Å²) in [6.45, 7) is 0.320. The van der Waals surface area contributed by atoms with Crippen molar-refractivity contribution >= 4 is 44.2 Å². The van der Waals surface area contributed by atoms with E-state index in [9.17, 15) is 4.79 Å². The summed E-state index contributed by atoms with van der Waals surface area (Å²) in [6.07, 6.45) is 4.00. The van der Waals surface area contributed by atoms with Gasteiger partial charge in [0.25, 0.3) is 0 Å². The number of fused-ring (bicyclic) bond motifs is 2. The van der Waals surface area contributed by atoms with Crippen LogP contribution in [0.1, 0.15) is 15.9 Å². The summed E-state index contributed by atoms with van der Waals surface area (Å²) in [6, 6.07) is 11.2. The van der Waals surface area contributed by atoms with E-state index in [-0.39, 0.29) is 0 Å². The summed E-state index contributed by atoms with van der Waals surface area (Å²) in [4.78, 5) is 11.3. The first-order chi connectivity index (χ1) is 11.3. The number of hydrogen-bond donors (Lipinski definition) is 0. The molecule has 2 aromatic carbocycles. The third-order valence-electron chi connectivity index (χ3n) is 3.68. The van der Waals surface area contributed by atoms with Gasteiger partial charge in [0.05, 0.1) is 22.6 Å². The Labute approximate surface area is 139 Å². The Hall–Kier alpha value is -2.53. The lowest BCUT2D eigenvalue weighted by Crippen LogP contribution is -1.99. The van der Waals surface area contributed by atoms with Crippen LogP contribution in [-0.2, 0) is 6.61 Å². The largest absolute Gasteiger partial charge is 0.484 e. The van der Waals surface area contributed by atoms with E-state index in [1.165, 1.54) is 0 Å². The Kier molecular flexibility index (Phi) is 3.42. The van der Waals surface area contributed by atoms with Crippen molar-refractivity contribution in [1.29, 1.82) is 0 Å². The van der Waals surface area contributed by atoms with E-state index in [1.807, 2.05) is 30.3 Å². The number of hydrogen-bond acceptors (Lipinski definition) is 4. The van der Waals surface area contributed by atoms with Crippen LogP contribution >= 0.6 is 15.9 Å². The van der Waals surface area contributed by atoms with Crippen LogP contribution in [-0.4, -0.2) is 6.29 Å². The molecule has 23 heavy (non-hydrogen) atoms. The van der Waals surface area contributed by atoms with Crippen LogP contribution in [0.25, 0.3) is 21.9 Å². The smallest absolute Gasteiger partial charge is 0.176 e. The minimum Gasteiger partial charge on any atom is -0.484 e. The predicted molar refractivity (Wildman–Crippen MR) is 89.8 cm³/mol. The maximum absolute atomic E-state index is 11.3. The van der Waals surface area contributed by atoms with Crippen LogP contribution in [0.2, 0.25) is 0 Å². The zero-order chi connectivity index (χ0) is 15.8. The highest BCUT2D eigenvalue weighted by molar-refractivity contribution is 9.10. The van der Waals surface area contributed by atoms with E-state index in [0.29, 0.717) is 23.5 Å². The van der Waals surface area contributed by atoms with E-state index in [4.69, 9.17) is 13.6 Å². The minimum absolute atomic E-state index is 0.320. The molecule has 4 rings (SSSR count). The van der Waals surface area contributed by atoms with Gasteiger partial charge in [-0.2, -0.15) is 0 Å². The molecule has 0 atom stereocenters. The quantitative estimate of drug-likeness (QED) is 0.455. The van der Waals surface area contributed by atoms with Gasteiger partial charge in [-0.1, -0.05) is 6.07 Å². The van der Waals surface area contributed by atoms with Gasteiger partial charge in [-0.3, -0.25) is 4.79 Å². The monoisotopic (exact) mass is 370 g/mol. The van der Waals surface area contributed by atoms with E-state index in [2.05, 4.69) is 15.9 Å². The first kappa shape index (κ1) is 14.1. The third-order valence-corrected chi connectivity index (χ3v) is 4.27. The van der Waals surface area contributed by atoms with Gasteiger partial charge in [-0.25, -0.2) is 0 Å².